The SMILES string of the molecule is Br.CC(C)CCC1(c2ccc(F)cc2)OCc2cc(C#N)ccc21. The molecule has 0 fully saturated rings. The maximum atomic E-state index is 13.3. The lowest BCUT2D eigenvalue weighted by Crippen LogP contribution is -2.27. The lowest BCUT2D eigenvalue weighted by atomic mass is 9.80. The number of ether oxygens (including phenoxy) is 1. The molecule has 1 aliphatic rings. The van der Waals surface area contributed by atoms with Crippen LogP contribution in [0.1, 0.15) is 48.9 Å². The Morgan fingerprint density at radius 3 is 2.54 bits per heavy atom. The van der Waals surface area contributed by atoms with Gasteiger partial charge in [0.2, 0.25) is 0 Å². The molecule has 1 aliphatic heterocycles. The van der Waals surface area contributed by atoms with Gasteiger partial charge in [0, 0.05) is 0 Å². The fourth-order valence-electron chi connectivity index (χ4n) is 3.26. The van der Waals surface area contributed by atoms with Crippen molar-refractivity contribution in [1.29, 1.82) is 5.26 Å². The first-order valence-corrected chi connectivity index (χ1v) is 7.98. The van der Waals surface area contributed by atoms with Gasteiger partial charge in [-0.05, 0) is 59.7 Å². The van der Waals surface area contributed by atoms with E-state index in [1.165, 1.54) is 12.1 Å². The van der Waals surface area contributed by atoms with Crippen LogP contribution in [-0.4, -0.2) is 0 Å². The Kier molecular flexibility index (Phi) is 5.79. The molecule has 1 unspecified atom stereocenters. The van der Waals surface area contributed by atoms with Crippen molar-refractivity contribution in [1.82, 2.24) is 0 Å². The van der Waals surface area contributed by atoms with Gasteiger partial charge in [0.25, 0.3) is 0 Å². The second kappa shape index (κ2) is 7.46. The summed E-state index contributed by atoms with van der Waals surface area (Å²) in [6.45, 7) is 4.86. The van der Waals surface area contributed by atoms with Crippen molar-refractivity contribution < 1.29 is 9.13 Å². The number of rotatable bonds is 4. The van der Waals surface area contributed by atoms with Crippen LogP contribution >= 0.6 is 17.0 Å². The molecule has 3 rings (SSSR count). The third kappa shape index (κ3) is 3.38. The predicted molar refractivity (Wildman–Crippen MR) is 97.5 cm³/mol. The second-order valence-electron chi connectivity index (χ2n) is 6.54. The van der Waals surface area contributed by atoms with Crippen molar-refractivity contribution in [3.05, 3.63) is 70.5 Å². The van der Waals surface area contributed by atoms with Gasteiger partial charge < -0.3 is 4.74 Å². The summed E-state index contributed by atoms with van der Waals surface area (Å²) >= 11 is 0. The molecule has 0 bridgehead atoms. The molecule has 0 radical (unpaired) electrons. The fraction of sp³-hybridized carbons (Fsp3) is 0.350. The molecule has 0 aliphatic carbocycles. The summed E-state index contributed by atoms with van der Waals surface area (Å²) in [5, 5.41) is 9.09. The molecular formula is C20H21BrFNO. The third-order valence-electron chi connectivity index (χ3n) is 4.53. The molecular weight excluding hydrogens is 369 g/mol. The summed E-state index contributed by atoms with van der Waals surface area (Å²) in [5.74, 6) is 0.309. The maximum Gasteiger partial charge on any atom is 0.123 e. The van der Waals surface area contributed by atoms with Crippen LogP contribution in [0.5, 0.6) is 0 Å². The highest BCUT2D eigenvalue weighted by Crippen LogP contribution is 2.46. The Balaban J connectivity index is 0.00000208. The van der Waals surface area contributed by atoms with E-state index in [0.717, 1.165) is 29.5 Å². The summed E-state index contributed by atoms with van der Waals surface area (Å²) in [5.41, 5.74) is 3.23. The lowest BCUT2D eigenvalue weighted by molar-refractivity contribution is -0.0151. The second-order valence-corrected chi connectivity index (χ2v) is 6.54. The van der Waals surface area contributed by atoms with Crippen LogP contribution in [0.3, 0.4) is 0 Å². The van der Waals surface area contributed by atoms with Crippen LogP contribution in [0.15, 0.2) is 42.5 Å². The van der Waals surface area contributed by atoms with Gasteiger partial charge in [0.05, 0.1) is 18.2 Å². The van der Waals surface area contributed by atoms with E-state index in [9.17, 15) is 4.39 Å². The van der Waals surface area contributed by atoms with Crippen LogP contribution in [0, 0.1) is 23.1 Å². The minimum absolute atomic E-state index is 0. The minimum atomic E-state index is -0.540. The Labute approximate surface area is 153 Å². The van der Waals surface area contributed by atoms with E-state index in [-0.39, 0.29) is 22.8 Å². The Morgan fingerprint density at radius 2 is 1.92 bits per heavy atom. The highest BCUT2D eigenvalue weighted by molar-refractivity contribution is 8.93. The van der Waals surface area contributed by atoms with Crippen LogP contribution < -0.4 is 0 Å². The number of hydrogen-bond acceptors (Lipinski definition) is 2. The van der Waals surface area contributed by atoms with Crippen molar-refractivity contribution in [3.8, 4) is 6.07 Å². The fourth-order valence-corrected chi connectivity index (χ4v) is 3.26. The number of halogens is 2. The number of hydrogen-bond donors (Lipinski definition) is 0. The van der Waals surface area contributed by atoms with Gasteiger partial charge >= 0.3 is 0 Å². The van der Waals surface area contributed by atoms with E-state index < -0.39 is 5.60 Å². The minimum Gasteiger partial charge on any atom is -0.361 e. The lowest BCUT2D eigenvalue weighted by Gasteiger charge is -2.31. The van der Waals surface area contributed by atoms with E-state index in [2.05, 4.69) is 19.9 Å². The van der Waals surface area contributed by atoms with Crippen LogP contribution in [-0.2, 0) is 16.9 Å². The summed E-state index contributed by atoms with van der Waals surface area (Å²) < 4.78 is 19.6. The molecule has 0 spiro atoms. The van der Waals surface area contributed by atoms with Crippen molar-refractivity contribution >= 4 is 17.0 Å². The predicted octanol–water partition coefficient (Wildman–Crippen LogP) is 5.49. The highest BCUT2D eigenvalue weighted by atomic mass is 79.9. The van der Waals surface area contributed by atoms with Gasteiger partial charge in [0.1, 0.15) is 11.4 Å². The first kappa shape index (κ1) is 18.6. The largest absolute Gasteiger partial charge is 0.361 e. The normalized spacial score (nSPS) is 18.8. The molecule has 0 aromatic heterocycles. The molecule has 126 valence electrons. The average molecular weight is 390 g/mol. The zero-order chi connectivity index (χ0) is 16.4. The van der Waals surface area contributed by atoms with Crippen LogP contribution in [0.25, 0.3) is 0 Å². The van der Waals surface area contributed by atoms with Gasteiger partial charge in [-0.25, -0.2) is 4.39 Å². The van der Waals surface area contributed by atoms with E-state index in [1.54, 1.807) is 0 Å². The number of fused-ring (bicyclic) bond motifs is 1. The van der Waals surface area contributed by atoms with E-state index >= 15 is 0 Å². The zero-order valence-corrected chi connectivity index (χ0v) is 15.6. The van der Waals surface area contributed by atoms with Crippen molar-refractivity contribution in [2.75, 3.05) is 0 Å². The Morgan fingerprint density at radius 1 is 1.21 bits per heavy atom. The molecule has 0 saturated carbocycles. The molecule has 1 atom stereocenters. The van der Waals surface area contributed by atoms with E-state index in [1.807, 2.05) is 30.3 Å². The highest BCUT2D eigenvalue weighted by Gasteiger charge is 2.41. The number of benzene rings is 2. The Hall–Kier alpha value is -1.70. The summed E-state index contributed by atoms with van der Waals surface area (Å²) in [6, 6.07) is 14.5. The molecule has 0 amide bonds. The first-order chi connectivity index (χ1) is 11.0. The monoisotopic (exact) mass is 389 g/mol. The van der Waals surface area contributed by atoms with E-state index in [4.69, 9.17) is 10.00 Å². The molecule has 0 saturated heterocycles. The van der Waals surface area contributed by atoms with Gasteiger partial charge in [-0.1, -0.05) is 32.0 Å². The number of nitriles is 1. The van der Waals surface area contributed by atoms with Crippen LogP contribution in [0.2, 0.25) is 0 Å². The smallest absolute Gasteiger partial charge is 0.123 e. The standard InChI is InChI=1S/C20H20FNO.BrH/c1-14(2)9-10-20(17-4-6-18(21)7-5-17)19-8-3-15(12-22)11-16(19)13-23-20;/h3-8,11,14H,9-10,13H2,1-2H3;1H. The van der Waals surface area contributed by atoms with Gasteiger partial charge in [-0.3, -0.25) is 0 Å². The molecule has 24 heavy (non-hydrogen) atoms. The zero-order valence-electron chi connectivity index (χ0n) is 13.9. The molecule has 1 heterocycles. The van der Waals surface area contributed by atoms with Crippen molar-refractivity contribution in [2.24, 2.45) is 5.92 Å². The van der Waals surface area contributed by atoms with Gasteiger partial charge in [-0.2, -0.15) is 5.26 Å². The molecule has 2 nitrogen and oxygen atoms in total. The third-order valence-corrected chi connectivity index (χ3v) is 4.53. The van der Waals surface area contributed by atoms with Crippen molar-refractivity contribution in [2.45, 2.75) is 38.9 Å². The van der Waals surface area contributed by atoms with Gasteiger partial charge in [0.15, 0.2) is 0 Å². The first-order valence-electron chi connectivity index (χ1n) is 7.98. The molecule has 2 aromatic rings. The summed E-state index contributed by atoms with van der Waals surface area (Å²) in [6.07, 6.45) is 1.85. The Bertz CT molecular complexity index is 751. The summed E-state index contributed by atoms with van der Waals surface area (Å²) in [4.78, 5) is 0. The quantitative estimate of drug-likeness (QED) is 0.692. The maximum absolute atomic E-state index is 13.3. The molecule has 2 aromatic carbocycles. The average Bonchev–Trinajstić information content (AvgIpc) is 2.92. The number of nitrogens with zero attached hydrogens (tertiary/aromatic N) is 1. The summed E-state index contributed by atoms with van der Waals surface area (Å²) in [7, 11) is 0. The molecule has 0 N–H and O–H groups in total. The van der Waals surface area contributed by atoms with Crippen LogP contribution in [0.4, 0.5) is 4.39 Å². The molecule has 4 heteroatoms. The topological polar surface area (TPSA) is 33.0 Å². The van der Waals surface area contributed by atoms with Crippen molar-refractivity contribution in [3.63, 3.8) is 0 Å². The van der Waals surface area contributed by atoms with E-state index in [0.29, 0.717) is 18.1 Å². The van der Waals surface area contributed by atoms with Gasteiger partial charge in [-0.15, -0.1) is 17.0 Å².